The van der Waals surface area contributed by atoms with Gasteiger partial charge >= 0.3 is 0 Å². The highest BCUT2D eigenvalue weighted by Crippen LogP contribution is 2.22. The van der Waals surface area contributed by atoms with E-state index in [1.54, 1.807) is 0 Å². The molecular formula is C34H45ClN4O2. The number of benzene rings is 3. The Bertz CT molecular complexity index is 1260. The molecule has 2 amide bonds. The Morgan fingerprint density at radius 3 is 2.39 bits per heavy atom. The molecule has 1 fully saturated rings. The van der Waals surface area contributed by atoms with Crippen molar-refractivity contribution >= 4 is 34.2 Å². The molecule has 7 heteroatoms. The van der Waals surface area contributed by atoms with E-state index in [0.29, 0.717) is 42.7 Å². The molecule has 1 aliphatic rings. The van der Waals surface area contributed by atoms with Crippen LogP contribution in [-0.2, 0) is 4.79 Å². The zero-order chi connectivity index (χ0) is 29.0. The maximum Gasteiger partial charge on any atom is 0.251 e. The van der Waals surface area contributed by atoms with Gasteiger partial charge in [-0.05, 0) is 86.3 Å². The van der Waals surface area contributed by atoms with Crippen molar-refractivity contribution < 1.29 is 9.59 Å². The second kappa shape index (κ2) is 15.9. The summed E-state index contributed by atoms with van der Waals surface area (Å²) in [5, 5.41) is 9.18. The molecule has 3 aromatic rings. The second-order valence-corrected chi connectivity index (χ2v) is 11.5. The van der Waals surface area contributed by atoms with Gasteiger partial charge in [0.1, 0.15) is 0 Å². The topological polar surface area (TPSA) is 64.7 Å². The first kappa shape index (κ1) is 31.0. The summed E-state index contributed by atoms with van der Waals surface area (Å²) in [6.45, 7) is 9.73. The van der Waals surface area contributed by atoms with Crippen LogP contribution in [0.15, 0.2) is 66.7 Å². The van der Waals surface area contributed by atoms with Crippen molar-refractivity contribution in [2.45, 2.75) is 57.9 Å². The third kappa shape index (κ3) is 9.03. The van der Waals surface area contributed by atoms with E-state index in [4.69, 9.17) is 11.6 Å². The van der Waals surface area contributed by atoms with E-state index in [0.717, 1.165) is 43.2 Å². The van der Waals surface area contributed by atoms with E-state index in [1.165, 1.54) is 24.8 Å². The van der Waals surface area contributed by atoms with Crippen molar-refractivity contribution in [2.24, 2.45) is 0 Å². The van der Waals surface area contributed by atoms with E-state index >= 15 is 0 Å². The maximum atomic E-state index is 13.9. The molecule has 6 nitrogen and oxygen atoms in total. The summed E-state index contributed by atoms with van der Waals surface area (Å²) in [5.41, 5.74) is 1.89. The van der Waals surface area contributed by atoms with Gasteiger partial charge in [0.2, 0.25) is 5.91 Å². The largest absolute Gasteiger partial charge is 0.351 e. The van der Waals surface area contributed by atoms with E-state index in [-0.39, 0.29) is 17.9 Å². The molecule has 0 saturated carbocycles. The summed E-state index contributed by atoms with van der Waals surface area (Å²) < 4.78 is 0. The first-order valence-electron chi connectivity index (χ1n) is 15.3. The smallest absolute Gasteiger partial charge is 0.251 e. The fourth-order valence-corrected chi connectivity index (χ4v) is 5.93. The van der Waals surface area contributed by atoms with Gasteiger partial charge < -0.3 is 20.4 Å². The number of carbonyl (C=O) groups excluding carboxylic acids is 2. The van der Waals surface area contributed by atoms with E-state index in [2.05, 4.69) is 53.6 Å². The number of halogens is 1. The van der Waals surface area contributed by atoms with Gasteiger partial charge in [0.05, 0.1) is 6.04 Å². The molecule has 4 rings (SSSR count). The lowest BCUT2D eigenvalue weighted by molar-refractivity contribution is -0.133. The van der Waals surface area contributed by atoms with Gasteiger partial charge in [-0.1, -0.05) is 67.4 Å². The first-order valence-corrected chi connectivity index (χ1v) is 15.6. The Morgan fingerprint density at radius 2 is 1.66 bits per heavy atom. The van der Waals surface area contributed by atoms with Crippen molar-refractivity contribution in [1.82, 2.24) is 20.4 Å². The monoisotopic (exact) mass is 576 g/mol. The molecule has 0 radical (unpaired) electrons. The molecule has 0 spiro atoms. The summed E-state index contributed by atoms with van der Waals surface area (Å²) in [7, 11) is 0. The quantitative estimate of drug-likeness (QED) is 0.228. The number of amides is 2. The molecule has 2 N–H and O–H groups in total. The highest BCUT2D eigenvalue weighted by molar-refractivity contribution is 6.31. The van der Waals surface area contributed by atoms with E-state index in [1.807, 2.05) is 47.4 Å². The van der Waals surface area contributed by atoms with Crippen LogP contribution in [-0.4, -0.2) is 73.5 Å². The van der Waals surface area contributed by atoms with Crippen LogP contribution >= 0.6 is 11.6 Å². The number of nitrogens with zero attached hydrogens (tertiary/aromatic N) is 2. The predicted molar refractivity (Wildman–Crippen MR) is 170 cm³/mol. The fraction of sp³-hybridized carbons (Fsp3) is 0.471. The van der Waals surface area contributed by atoms with Gasteiger partial charge in [0.15, 0.2) is 0 Å². The van der Waals surface area contributed by atoms with Crippen molar-refractivity contribution in [3.63, 3.8) is 0 Å². The first-order chi connectivity index (χ1) is 20.0. The number of nitrogens with one attached hydrogen (secondary N) is 2. The highest BCUT2D eigenvalue weighted by Gasteiger charge is 2.26. The molecule has 3 aromatic carbocycles. The van der Waals surface area contributed by atoms with Gasteiger partial charge in [-0.2, -0.15) is 0 Å². The summed E-state index contributed by atoms with van der Waals surface area (Å²) in [4.78, 5) is 31.2. The molecular weight excluding hydrogens is 532 g/mol. The number of piperidine rings is 1. The Balaban J connectivity index is 1.36. The zero-order valence-corrected chi connectivity index (χ0v) is 25.3. The molecule has 1 heterocycles. The van der Waals surface area contributed by atoms with Crippen molar-refractivity contribution in [1.29, 1.82) is 0 Å². The standard InChI is InChI=1S/C34H45ClN4O2/c1-3-26(27-11-7-5-8-12-27)25-39(4-2)34(41)32(17-22-38-20-9-6-10-21-38)36-18-19-37-33(40)30-14-13-29-24-31(35)16-15-28(29)23-30/h5,7-8,11-16,23-24,26,32,36H,3-4,6,9-10,17-22,25H2,1-2H3,(H,37,40)/t26?,32-/m0/s1. The summed E-state index contributed by atoms with van der Waals surface area (Å²) in [6, 6.07) is 21.5. The zero-order valence-electron chi connectivity index (χ0n) is 24.6. The number of likely N-dealkylation sites (tertiary alicyclic amines) is 1. The Hall–Kier alpha value is -2.93. The minimum absolute atomic E-state index is 0.122. The van der Waals surface area contributed by atoms with Crippen LogP contribution in [0.1, 0.15) is 67.8 Å². The average Bonchev–Trinajstić information content (AvgIpc) is 3.01. The van der Waals surface area contributed by atoms with Crippen LogP contribution < -0.4 is 10.6 Å². The Morgan fingerprint density at radius 1 is 0.927 bits per heavy atom. The average molecular weight is 577 g/mol. The molecule has 0 bridgehead atoms. The number of rotatable bonds is 14. The number of likely N-dealkylation sites (N-methyl/N-ethyl adjacent to an activating group) is 1. The lowest BCUT2D eigenvalue weighted by atomic mass is 9.95. The third-order valence-corrected chi connectivity index (χ3v) is 8.48. The molecule has 0 aromatic heterocycles. The molecule has 0 aliphatic carbocycles. The molecule has 2 atom stereocenters. The number of carbonyl (C=O) groups is 2. The minimum atomic E-state index is -0.285. The normalized spacial score (nSPS) is 15.4. The van der Waals surface area contributed by atoms with E-state index < -0.39 is 0 Å². The van der Waals surface area contributed by atoms with Crippen molar-refractivity contribution in [3.05, 3.63) is 82.9 Å². The number of fused-ring (bicyclic) bond motifs is 1. The molecule has 1 unspecified atom stereocenters. The van der Waals surface area contributed by atoms with Crippen molar-refractivity contribution in [2.75, 3.05) is 45.8 Å². The van der Waals surface area contributed by atoms with Crippen LogP contribution in [0.2, 0.25) is 5.02 Å². The van der Waals surface area contributed by atoms with Gasteiger partial charge in [-0.15, -0.1) is 0 Å². The lowest BCUT2D eigenvalue weighted by Gasteiger charge is -2.32. The lowest BCUT2D eigenvalue weighted by Crippen LogP contribution is -2.50. The van der Waals surface area contributed by atoms with Crippen LogP contribution in [0.25, 0.3) is 10.8 Å². The van der Waals surface area contributed by atoms with Crippen LogP contribution in [0, 0.1) is 0 Å². The number of hydrogen-bond donors (Lipinski definition) is 2. The molecule has 1 aliphatic heterocycles. The van der Waals surface area contributed by atoms with Gasteiger partial charge in [0, 0.05) is 49.2 Å². The second-order valence-electron chi connectivity index (χ2n) is 11.1. The van der Waals surface area contributed by atoms with Crippen LogP contribution in [0.3, 0.4) is 0 Å². The van der Waals surface area contributed by atoms with Crippen LogP contribution in [0.4, 0.5) is 0 Å². The third-order valence-electron chi connectivity index (χ3n) is 8.24. The van der Waals surface area contributed by atoms with Gasteiger partial charge in [0.25, 0.3) is 5.91 Å². The van der Waals surface area contributed by atoms with Gasteiger partial charge in [-0.25, -0.2) is 0 Å². The van der Waals surface area contributed by atoms with E-state index in [9.17, 15) is 9.59 Å². The molecule has 41 heavy (non-hydrogen) atoms. The fourth-order valence-electron chi connectivity index (χ4n) is 5.75. The minimum Gasteiger partial charge on any atom is -0.351 e. The maximum absolute atomic E-state index is 13.9. The predicted octanol–water partition coefficient (Wildman–Crippen LogP) is 6.10. The Labute approximate surface area is 250 Å². The SMILES string of the molecule is CCC(CN(CC)C(=O)[C@H](CCN1CCCCC1)NCCNC(=O)c1ccc2cc(Cl)ccc2c1)c1ccccc1. The highest BCUT2D eigenvalue weighted by atomic mass is 35.5. The molecule has 220 valence electrons. The Kier molecular flexibility index (Phi) is 12.0. The van der Waals surface area contributed by atoms with Gasteiger partial charge in [-0.3, -0.25) is 9.59 Å². The van der Waals surface area contributed by atoms with Crippen LogP contribution in [0.5, 0.6) is 0 Å². The summed E-state index contributed by atoms with van der Waals surface area (Å²) in [5.74, 6) is 0.335. The summed E-state index contributed by atoms with van der Waals surface area (Å²) >= 11 is 6.09. The number of hydrogen-bond acceptors (Lipinski definition) is 4. The van der Waals surface area contributed by atoms with Crippen molar-refractivity contribution in [3.8, 4) is 0 Å². The molecule has 1 saturated heterocycles. The summed E-state index contributed by atoms with van der Waals surface area (Å²) in [6.07, 6.45) is 5.50.